The van der Waals surface area contributed by atoms with Gasteiger partial charge >= 0.3 is 0 Å². The van der Waals surface area contributed by atoms with Crippen molar-refractivity contribution in [1.29, 1.82) is 0 Å². The second kappa shape index (κ2) is 18.4. The molecule has 37 heavy (non-hydrogen) atoms. The number of unbranched alkanes of at least 4 members (excludes halogenated alkanes) is 12. The molecule has 0 aliphatic carbocycles. The summed E-state index contributed by atoms with van der Waals surface area (Å²) in [5.74, 6) is 0. The second-order valence-corrected chi connectivity index (χ2v) is 19.4. The quantitative estimate of drug-likeness (QED) is 0.0692. The molecule has 3 aromatic rings. The summed E-state index contributed by atoms with van der Waals surface area (Å²) in [5.41, 5.74) is 4.13. The molecule has 3 heteroatoms. The normalized spacial score (nSPS) is 11.8. The van der Waals surface area contributed by atoms with Gasteiger partial charge in [-0.15, -0.1) is 0 Å². The number of hydrogen-bond acceptors (Lipinski definition) is 0. The van der Waals surface area contributed by atoms with Gasteiger partial charge in [-0.3, -0.25) is 0 Å². The molecule has 0 nitrogen and oxygen atoms in total. The predicted molar refractivity (Wildman–Crippen MR) is 173 cm³/mol. The van der Waals surface area contributed by atoms with Gasteiger partial charge < -0.3 is 0 Å². The lowest BCUT2D eigenvalue weighted by molar-refractivity contribution is 0.491. The summed E-state index contributed by atoms with van der Waals surface area (Å²) in [6.07, 6.45) is 20.5. The van der Waals surface area contributed by atoms with Crippen molar-refractivity contribution in [2.24, 2.45) is 0 Å². The van der Waals surface area contributed by atoms with Crippen molar-refractivity contribution in [1.82, 2.24) is 0 Å². The van der Waals surface area contributed by atoms with E-state index >= 15 is 0 Å². The highest BCUT2D eigenvalue weighted by molar-refractivity contribution is 9.69. The lowest BCUT2D eigenvalue weighted by atomic mass is 9.66. The number of halogens is 2. The van der Waals surface area contributed by atoms with E-state index in [1.54, 1.807) is 0 Å². The van der Waals surface area contributed by atoms with Gasteiger partial charge in [-0.05, 0) is 66.7 Å². The zero-order chi connectivity index (χ0) is 26.0. The molecular weight excluding hydrogens is 599 g/mol. The standard InChI is InChI=1S/C34H45Br2P/c35-37(36)30-22-11-9-7-5-3-1-2-4-6-8-10-21-29-34(31-23-15-12-16-24-31,32-25-17-13-18-26-32)33-27-19-14-20-28-33/h12-20,23-28H,1-11,21-22,29-30H2. The molecule has 0 radical (unpaired) electrons. The lowest BCUT2D eigenvalue weighted by Gasteiger charge is -2.36. The molecule has 0 unspecified atom stereocenters. The summed E-state index contributed by atoms with van der Waals surface area (Å²) in [6, 6.07) is 33.5. The van der Waals surface area contributed by atoms with E-state index in [1.807, 2.05) is 0 Å². The summed E-state index contributed by atoms with van der Waals surface area (Å²) in [7, 11) is 0. The molecule has 0 aliphatic heterocycles. The van der Waals surface area contributed by atoms with Crippen molar-refractivity contribution in [3.05, 3.63) is 108 Å². The van der Waals surface area contributed by atoms with Crippen LogP contribution in [0.5, 0.6) is 0 Å². The van der Waals surface area contributed by atoms with Crippen molar-refractivity contribution >= 4 is 36.3 Å². The minimum atomic E-state index is -0.0885. The molecular formula is C34H45Br2P. The fraction of sp³-hybridized carbons (Fsp3) is 0.471. The van der Waals surface area contributed by atoms with E-state index in [2.05, 4.69) is 122 Å². The van der Waals surface area contributed by atoms with Gasteiger partial charge in [0.2, 0.25) is 0 Å². The molecule has 0 amide bonds. The summed E-state index contributed by atoms with van der Waals surface area (Å²) in [5, 5.41) is -0.0544. The minimum absolute atomic E-state index is 0.0544. The Morgan fingerprint density at radius 2 is 0.703 bits per heavy atom. The van der Waals surface area contributed by atoms with E-state index in [-0.39, 0.29) is 10.7 Å². The Kier molecular flexibility index (Phi) is 15.2. The molecule has 0 saturated carbocycles. The van der Waals surface area contributed by atoms with Crippen molar-refractivity contribution in [3.63, 3.8) is 0 Å². The average Bonchev–Trinajstić information content (AvgIpc) is 2.94. The van der Waals surface area contributed by atoms with Gasteiger partial charge in [-0.2, -0.15) is 0 Å². The molecule has 3 aromatic carbocycles. The molecule has 0 spiro atoms. The third kappa shape index (κ3) is 10.6. The Hall–Kier alpha value is -0.950. The van der Waals surface area contributed by atoms with Gasteiger partial charge in [0.05, 0.1) is 0 Å². The first-order chi connectivity index (χ1) is 18.2. The Bertz CT molecular complexity index is 847. The summed E-state index contributed by atoms with van der Waals surface area (Å²) >= 11 is 7.26. The maximum atomic E-state index is 3.63. The van der Waals surface area contributed by atoms with Crippen LogP contribution in [0, 0.1) is 0 Å². The van der Waals surface area contributed by atoms with Crippen LogP contribution in [0.25, 0.3) is 0 Å². The van der Waals surface area contributed by atoms with E-state index in [9.17, 15) is 0 Å². The highest BCUT2D eigenvalue weighted by atomic mass is 79.9. The van der Waals surface area contributed by atoms with Crippen molar-refractivity contribution < 1.29 is 0 Å². The van der Waals surface area contributed by atoms with Crippen LogP contribution in [0.3, 0.4) is 0 Å². The largest absolute Gasteiger partial charge is 0.0622 e. The van der Waals surface area contributed by atoms with Gasteiger partial charge in [-0.1, -0.05) is 168 Å². The van der Waals surface area contributed by atoms with E-state index in [1.165, 1.54) is 106 Å². The second-order valence-electron chi connectivity index (χ2n) is 10.4. The van der Waals surface area contributed by atoms with Crippen LogP contribution in [0.2, 0.25) is 0 Å². The fourth-order valence-electron chi connectivity index (χ4n) is 5.67. The number of hydrogen-bond donors (Lipinski definition) is 0. The van der Waals surface area contributed by atoms with Crippen molar-refractivity contribution in [3.8, 4) is 0 Å². The fourth-order valence-corrected chi connectivity index (χ4v) is 7.63. The Labute approximate surface area is 244 Å². The molecule has 0 fully saturated rings. The van der Waals surface area contributed by atoms with Crippen LogP contribution in [0.15, 0.2) is 91.0 Å². The topological polar surface area (TPSA) is 0 Å². The minimum Gasteiger partial charge on any atom is -0.0622 e. The highest BCUT2D eigenvalue weighted by Crippen LogP contribution is 2.52. The zero-order valence-corrected chi connectivity index (χ0v) is 26.5. The average molecular weight is 645 g/mol. The Balaban J connectivity index is 1.42. The van der Waals surface area contributed by atoms with E-state index < -0.39 is 0 Å². The van der Waals surface area contributed by atoms with E-state index in [0.29, 0.717) is 0 Å². The van der Waals surface area contributed by atoms with E-state index in [4.69, 9.17) is 0 Å². The molecule has 0 bridgehead atoms. The molecule has 0 heterocycles. The molecule has 0 saturated heterocycles. The summed E-state index contributed by atoms with van der Waals surface area (Å²) in [4.78, 5) is 0. The molecule has 0 aliphatic rings. The maximum Gasteiger partial charge on any atom is 0.0451 e. The van der Waals surface area contributed by atoms with Gasteiger partial charge in [0, 0.05) is 10.7 Å². The van der Waals surface area contributed by atoms with Gasteiger partial charge in [-0.25, -0.2) is 0 Å². The maximum absolute atomic E-state index is 3.63. The van der Waals surface area contributed by atoms with E-state index in [0.717, 1.165) is 6.42 Å². The Morgan fingerprint density at radius 1 is 0.405 bits per heavy atom. The Morgan fingerprint density at radius 3 is 1.03 bits per heavy atom. The molecule has 200 valence electrons. The van der Waals surface area contributed by atoms with Gasteiger partial charge in [0.25, 0.3) is 0 Å². The van der Waals surface area contributed by atoms with Crippen molar-refractivity contribution in [2.45, 2.75) is 95.3 Å². The molecule has 0 aromatic heterocycles. The lowest BCUT2D eigenvalue weighted by Crippen LogP contribution is -2.29. The van der Waals surface area contributed by atoms with Gasteiger partial charge in [0.1, 0.15) is 0 Å². The first-order valence-electron chi connectivity index (χ1n) is 14.5. The predicted octanol–water partition coefficient (Wildman–Crippen LogP) is 12.6. The highest BCUT2D eigenvalue weighted by Gasteiger charge is 2.35. The van der Waals surface area contributed by atoms with Crippen LogP contribution >= 0.6 is 36.3 Å². The van der Waals surface area contributed by atoms with Crippen LogP contribution in [0.1, 0.15) is 107 Å². The SMILES string of the molecule is BrP(Br)CCCCCCCCCCCCCCCC(c1ccccc1)(c1ccccc1)c1ccccc1. The third-order valence-electron chi connectivity index (χ3n) is 7.68. The zero-order valence-electron chi connectivity index (χ0n) is 22.5. The molecule has 0 N–H and O–H groups in total. The van der Waals surface area contributed by atoms with Crippen LogP contribution in [0.4, 0.5) is 0 Å². The summed E-state index contributed by atoms with van der Waals surface area (Å²) < 4.78 is 0. The van der Waals surface area contributed by atoms with Crippen LogP contribution in [-0.4, -0.2) is 6.16 Å². The first-order valence-corrected chi connectivity index (χ1v) is 20.1. The van der Waals surface area contributed by atoms with Crippen LogP contribution < -0.4 is 0 Å². The van der Waals surface area contributed by atoms with Crippen molar-refractivity contribution in [2.75, 3.05) is 6.16 Å². The smallest absolute Gasteiger partial charge is 0.0451 e. The summed E-state index contributed by atoms with van der Waals surface area (Å²) in [6.45, 7) is 0. The van der Waals surface area contributed by atoms with Crippen LogP contribution in [-0.2, 0) is 5.41 Å². The molecule has 3 rings (SSSR count). The first kappa shape index (κ1) is 30.6. The number of rotatable bonds is 19. The monoisotopic (exact) mass is 642 g/mol. The van der Waals surface area contributed by atoms with Gasteiger partial charge in [0.15, 0.2) is 0 Å². The molecule has 0 atom stereocenters. The number of benzene rings is 3. The third-order valence-corrected chi connectivity index (χ3v) is 10.5.